The molecule has 0 aliphatic carbocycles. The highest BCUT2D eigenvalue weighted by Crippen LogP contribution is 2.11. The second kappa shape index (κ2) is 9.00. The van der Waals surface area contributed by atoms with E-state index in [1.807, 2.05) is 20.9 Å². The van der Waals surface area contributed by atoms with Crippen molar-refractivity contribution in [2.45, 2.75) is 45.2 Å². The highest BCUT2D eigenvalue weighted by molar-refractivity contribution is 5.85. The molecule has 0 aromatic carbocycles. The van der Waals surface area contributed by atoms with E-state index < -0.39 is 6.04 Å². The Balaban J connectivity index is 2.50. The number of ether oxygens (including phenoxy) is 1. The summed E-state index contributed by atoms with van der Waals surface area (Å²) in [6, 6.07) is -0.133. The molecule has 0 saturated carbocycles. The number of rotatable bonds is 7. The molecule has 6 nitrogen and oxygen atoms in total. The minimum absolute atomic E-state index is 0.0607. The summed E-state index contributed by atoms with van der Waals surface area (Å²) in [7, 11) is 3.32. The van der Waals surface area contributed by atoms with Crippen LogP contribution in [0.4, 0.5) is 0 Å². The average Bonchev–Trinajstić information content (AvgIpc) is 2.51. The largest absolute Gasteiger partial charge is 0.467 e. The van der Waals surface area contributed by atoms with Crippen LogP contribution in [0.5, 0.6) is 0 Å². The molecule has 1 saturated heterocycles. The van der Waals surface area contributed by atoms with Gasteiger partial charge in [0.2, 0.25) is 5.91 Å². The zero-order valence-corrected chi connectivity index (χ0v) is 13.6. The number of piperidine rings is 1. The summed E-state index contributed by atoms with van der Waals surface area (Å²) in [6.07, 6.45) is 2.91. The van der Waals surface area contributed by atoms with Gasteiger partial charge in [-0.2, -0.15) is 0 Å². The Bertz CT molecular complexity index is 343. The fourth-order valence-electron chi connectivity index (χ4n) is 2.62. The lowest BCUT2D eigenvalue weighted by Gasteiger charge is -2.31. The van der Waals surface area contributed by atoms with Crippen LogP contribution in [-0.2, 0) is 14.3 Å². The Hall–Kier alpha value is -1.14. The van der Waals surface area contributed by atoms with Crippen LogP contribution in [-0.4, -0.2) is 62.7 Å². The summed E-state index contributed by atoms with van der Waals surface area (Å²) in [5.74, 6) is -0.431. The molecular weight excluding hydrogens is 270 g/mol. The van der Waals surface area contributed by atoms with Crippen molar-refractivity contribution in [1.82, 2.24) is 15.5 Å². The van der Waals surface area contributed by atoms with E-state index in [1.54, 1.807) is 0 Å². The molecule has 6 heteroatoms. The number of likely N-dealkylation sites (N-methyl/N-ethyl adjacent to an activating group) is 1. The van der Waals surface area contributed by atoms with E-state index in [2.05, 4.69) is 15.5 Å². The SMILES string of the molecule is CCC(C)C(NC(=O)CN(C)C1CCNCC1)C(=O)OC. The van der Waals surface area contributed by atoms with Crippen molar-refractivity contribution in [2.75, 3.05) is 33.8 Å². The summed E-state index contributed by atoms with van der Waals surface area (Å²) >= 11 is 0. The summed E-state index contributed by atoms with van der Waals surface area (Å²) in [5.41, 5.74) is 0. The lowest BCUT2D eigenvalue weighted by Crippen LogP contribution is -2.50. The van der Waals surface area contributed by atoms with E-state index >= 15 is 0 Å². The fraction of sp³-hybridized carbons (Fsp3) is 0.867. The monoisotopic (exact) mass is 299 g/mol. The van der Waals surface area contributed by atoms with Gasteiger partial charge in [0, 0.05) is 6.04 Å². The topological polar surface area (TPSA) is 70.7 Å². The van der Waals surface area contributed by atoms with Crippen LogP contribution in [0, 0.1) is 5.92 Å². The maximum atomic E-state index is 12.2. The van der Waals surface area contributed by atoms with Crippen LogP contribution in [0.3, 0.4) is 0 Å². The first-order chi connectivity index (χ1) is 9.99. The van der Waals surface area contributed by atoms with Crippen molar-refractivity contribution in [3.8, 4) is 0 Å². The molecule has 0 aromatic rings. The van der Waals surface area contributed by atoms with Gasteiger partial charge in [0.25, 0.3) is 0 Å². The zero-order chi connectivity index (χ0) is 15.8. The van der Waals surface area contributed by atoms with Gasteiger partial charge in [0.05, 0.1) is 13.7 Å². The minimum atomic E-state index is -0.561. The van der Waals surface area contributed by atoms with Crippen LogP contribution in [0.15, 0.2) is 0 Å². The van der Waals surface area contributed by atoms with Gasteiger partial charge in [-0.1, -0.05) is 20.3 Å². The Morgan fingerprint density at radius 3 is 2.52 bits per heavy atom. The third kappa shape index (κ3) is 5.63. The van der Waals surface area contributed by atoms with Gasteiger partial charge < -0.3 is 15.4 Å². The van der Waals surface area contributed by atoms with Gasteiger partial charge >= 0.3 is 5.97 Å². The summed E-state index contributed by atoms with van der Waals surface area (Å²) in [4.78, 5) is 26.0. The summed E-state index contributed by atoms with van der Waals surface area (Å²) < 4.78 is 4.78. The van der Waals surface area contributed by atoms with Crippen molar-refractivity contribution in [1.29, 1.82) is 0 Å². The molecule has 0 bridgehead atoms. The van der Waals surface area contributed by atoms with Gasteiger partial charge in [0.1, 0.15) is 6.04 Å². The van der Waals surface area contributed by atoms with Crippen molar-refractivity contribution < 1.29 is 14.3 Å². The number of amides is 1. The average molecular weight is 299 g/mol. The van der Waals surface area contributed by atoms with Crippen LogP contribution < -0.4 is 10.6 Å². The highest BCUT2D eigenvalue weighted by Gasteiger charge is 2.27. The molecule has 1 fully saturated rings. The molecule has 1 heterocycles. The first-order valence-electron chi connectivity index (χ1n) is 7.77. The van der Waals surface area contributed by atoms with E-state index in [0.29, 0.717) is 12.6 Å². The Morgan fingerprint density at radius 1 is 1.38 bits per heavy atom. The second-order valence-corrected chi connectivity index (χ2v) is 5.85. The molecule has 2 atom stereocenters. The minimum Gasteiger partial charge on any atom is -0.467 e. The number of carbonyl (C=O) groups is 2. The predicted molar refractivity (Wildman–Crippen MR) is 81.9 cm³/mol. The number of methoxy groups -OCH3 is 1. The zero-order valence-electron chi connectivity index (χ0n) is 13.6. The number of hydrogen-bond donors (Lipinski definition) is 2. The Morgan fingerprint density at radius 2 is 2.00 bits per heavy atom. The molecule has 2 unspecified atom stereocenters. The molecule has 2 N–H and O–H groups in total. The van der Waals surface area contributed by atoms with E-state index in [-0.39, 0.29) is 17.8 Å². The van der Waals surface area contributed by atoms with E-state index in [0.717, 1.165) is 32.4 Å². The molecular formula is C15H29N3O3. The highest BCUT2D eigenvalue weighted by atomic mass is 16.5. The molecule has 0 radical (unpaired) electrons. The number of hydrogen-bond acceptors (Lipinski definition) is 5. The molecule has 1 aliphatic heterocycles. The van der Waals surface area contributed by atoms with E-state index in [9.17, 15) is 9.59 Å². The van der Waals surface area contributed by atoms with Gasteiger partial charge in [0.15, 0.2) is 0 Å². The van der Waals surface area contributed by atoms with Crippen molar-refractivity contribution >= 4 is 11.9 Å². The predicted octanol–water partition coefficient (Wildman–Crippen LogP) is 0.374. The van der Waals surface area contributed by atoms with Gasteiger partial charge in [-0.15, -0.1) is 0 Å². The molecule has 21 heavy (non-hydrogen) atoms. The number of esters is 1. The third-order valence-corrected chi connectivity index (χ3v) is 4.31. The number of nitrogens with one attached hydrogen (secondary N) is 2. The van der Waals surface area contributed by atoms with Gasteiger partial charge in [-0.05, 0) is 38.9 Å². The Labute approximate surface area is 127 Å². The number of nitrogens with zero attached hydrogens (tertiary/aromatic N) is 1. The normalized spacial score (nSPS) is 19.1. The second-order valence-electron chi connectivity index (χ2n) is 5.85. The van der Waals surface area contributed by atoms with Crippen molar-refractivity contribution in [3.05, 3.63) is 0 Å². The maximum absolute atomic E-state index is 12.2. The smallest absolute Gasteiger partial charge is 0.328 e. The van der Waals surface area contributed by atoms with Crippen LogP contribution in [0.1, 0.15) is 33.1 Å². The third-order valence-electron chi connectivity index (χ3n) is 4.31. The molecule has 122 valence electrons. The fourth-order valence-corrected chi connectivity index (χ4v) is 2.62. The Kier molecular flexibility index (Phi) is 7.67. The summed E-state index contributed by atoms with van der Waals surface area (Å²) in [6.45, 7) is 6.24. The standard InChI is InChI=1S/C15H29N3O3/c1-5-11(2)14(15(20)21-4)17-13(19)10-18(3)12-6-8-16-9-7-12/h11-12,14,16H,5-10H2,1-4H3,(H,17,19). The molecule has 0 aromatic heterocycles. The molecule has 1 amide bonds. The van der Waals surface area contributed by atoms with Crippen LogP contribution in [0.2, 0.25) is 0 Å². The lowest BCUT2D eigenvalue weighted by molar-refractivity contribution is -0.146. The molecule has 0 spiro atoms. The summed E-state index contributed by atoms with van der Waals surface area (Å²) in [5, 5.41) is 6.13. The number of carbonyl (C=O) groups excluding carboxylic acids is 2. The van der Waals surface area contributed by atoms with Gasteiger partial charge in [-0.3, -0.25) is 9.69 Å². The maximum Gasteiger partial charge on any atom is 0.328 e. The van der Waals surface area contributed by atoms with E-state index in [4.69, 9.17) is 4.74 Å². The molecule has 1 rings (SSSR count). The van der Waals surface area contributed by atoms with Gasteiger partial charge in [-0.25, -0.2) is 4.79 Å². The van der Waals surface area contributed by atoms with Crippen molar-refractivity contribution in [3.63, 3.8) is 0 Å². The van der Waals surface area contributed by atoms with E-state index in [1.165, 1.54) is 7.11 Å². The quantitative estimate of drug-likeness (QED) is 0.665. The first kappa shape index (κ1) is 17.9. The lowest BCUT2D eigenvalue weighted by atomic mass is 9.99. The van der Waals surface area contributed by atoms with Crippen molar-refractivity contribution in [2.24, 2.45) is 5.92 Å². The first-order valence-corrected chi connectivity index (χ1v) is 7.77. The molecule has 1 aliphatic rings. The van der Waals surface area contributed by atoms with Crippen LogP contribution >= 0.6 is 0 Å². The van der Waals surface area contributed by atoms with Crippen LogP contribution in [0.25, 0.3) is 0 Å².